The number of hydrogen-bond acceptors (Lipinski definition) is 3. The van der Waals surface area contributed by atoms with Gasteiger partial charge in [0, 0.05) is 49.2 Å². The van der Waals surface area contributed by atoms with Gasteiger partial charge in [-0.25, -0.2) is 9.97 Å². The van der Waals surface area contributed by atoms with Crippen LogP contribution in [0.2, 0.25) is 0 Å². The van der Waals surface area contributed by atoms with Crippen LogP contribution >= 0.6 is 0 Å². The Morgan fingerprint density at radius 3 is 3.00 bits per heavy atom. The average Bonchev–Trinajstić information content (AvgIpc) is 3.05. The molecule has 1 fully saturated rings. The van der Waals surface area contributed by atoms with Crippen LogP contribution < -0.4 is 0 Å². The quantitative estimate of drug-likeness (QED) is 0.732. The van der Waals surface area contributed by atoms with E-state index in [1.54, 1.807) is 6.33 Å². The molecule has 0 radical (unpaired) electrons. The molecule has 4 nitrogen and oxygen atoms in total. The molecular formula is C20H24N4. The van der Waals surface area contributed by atoms with Gasteiger partial charge in [-0.3, -0.25) is 4.90 Å². The van der Waals surface area contributed by atoms with Crippen molar-refractivity contribution in [1.82, 2.24) is 19.4 Å². The normalized spacial score (nSPS) is 19.0. The van der Waals surface area contributed by atoms with Gasteiger partial charge in [-0.1, -0.05) is 12.1 Å². The van der Waals surface area contributed by atoms with Gasteiger partial charge in [-0.05, 0) is 55.5 Å². The van der Waals surface area contributed by atoms with E-state index in [0.717, 1.165) is 19.6 Å². The largest absolute Gasteiger partial charge is 0.348 e. The summed E-state index contributed by atoms with van der Waals surface area (Å²) < 4.78 is 2.32. The summed E-state index contributed by atoms with van der Waals surface area (Å²) in [4.78, 5) is 11.1. The number of aryl methyl sites for hydroxylation is 1. The van der Waals surface area contributed by atoms with Crippen molar-refractivity contribution in [1.29, 1.82) is 0 Å². The predicted molar refractivity (Wildman–Crippen MR) is 96.9 cm³/mol. The Kier molecular flexibility index (Phi) is 4.30. The van der Waals surface area contributed by atoms with E-state index in [0.29, 0.717) is 5.92 Å². The van der Waals surface area contributed by atoms with E-state index in [9.17, 15) is 0 Å². The van der Waals surface area contributed by atoms with E-state index in [4.69, 9.17) is 0 Å². The first-order valence-electron chi connectivity index (χ1n) is 8.89. The maximum absolute atomic E-state index is 4.46. The molecule has 0 N–H and O–H groups in total. The van der Waals surface area contributed by atoms with E-state index < -0.39 is 0 Å². The Bertz CT molecular complexity index is 809. The number of rotatable bonds is 4. The molecule has 0 aliphatic carbocycles. The summed E-state index contributed by atoms with van der Waals surface area (Å²) in [6.07, 6.45) is 8.17. The van der Waals surface area contributed by atoms with Gasteiger partial charge in [-0.2, -0.15) is 0 Å². The summed E-state index contributed by atoms with van der Waals surface area (Å²) in [6, 6.07) is 11.1. The van der Waals surface area contributed by atoms with Gasteiger partial charge in [0.05, 0.1) is 0 Å². The lowest BCUT2D eigenvalue weighted by Gasteiger charge is -2.32. The van der Waals surface area contributed by atoms with Crippen LogP contribution in [0.3, 0.4) is 0 Å². The van der Waals surface area contributed by atoms with Crippen molar-refractivity contribution in [3.8, 4) is 0 Å². The highest BCUT2D eigenvalue weighted by Crippen LogP contribution is 2.27. The second kappa shape index (κ2) is 6.73. The van der Waals surface area contributed by atoms with Crippen LogP contribution in [0.5, 0.6) is 0 Å². The molecule has 24 heavy (non-hydrogen) atoms. The molecular weight excluding hydrogens is 296 g/mol. The summed E-state index contributed by atoms with van der Waals surface area (Å²) in [5.41, 5.74) is 3.93. The van der Waals surface area contributed by atoms with Crippen LogP contribution in [0.4, 0.5) is 0 Å². The second-order valence-corrected chi connectivity index (χ2v) is 6.70. The van der Waals surface area contributed by atoms with Crippen molar-refractivity contribution < 1.29 is 0 Å². The lowest BCUT2D eigenvalue weighted by molar-refractivity contribution is 0.198. The number of piperidine rings is 1. The Morgan fingerprint density at radius 2 is 2.17 bits per heavy atom. The highest BCUT2D eigenvalue weighted by molar-refractivity contribution is 5.80. The van der Waals surface area contributed by atoms with Crippen molar-refractivity contribution in [2.24, 2.45) is 0 Å². The molecule has 0 amide bonds. The van der Waals surface area contributed by atoms with Gasteiger partial charge in [0.2, 0.25) is 0 Å². The topological polar surface area (TPSA) is 34.0 Å². The molecule has 0 bridgehead atoms. The number of benzene rings is 1. The zero-order chi connectivity index (χ0) is 16.4. The van der Waals surface area contributed by atoms with Crippen molar-refractivity contribution in [3.63, 3.8) is 0 Å². The van der Waals surface area contributed by atoms with Crippen LogP contribution in [-0.4, -0.2) is 32.5 Å². The number of hydrogen-bond donors (Lipinski definition) is 0. The molecule has 4 heteroatoms. The zero-order valence-corrected chi connectivity index (χ0v) is 14.2. The van der Waals surface area contributed by atoms with E-state index in [1.807, 2.05) is 6.20 Å². The number of nitrogens with zero attached hydrogens (tertiary/aromatic N) is 4. The van der Waals surface area contributed by atoms with Crippen molar-refractivity contribution >= 4 is 10.9 Å². The first-order valence-corrected chi connectivity index (χ1v) is 8.89. The van der Waals surface area contributed by atoms with E-state index in [2.05, 4.69) is 62.9 Å². The fraction of sp³-hybridized carbons (Fsp3) is 0.400. The molecule has 0 saturated carbocycles. The summed E-state index contributed by atoms with van der Waals surface area (Å²) in [6.45, 7) is 6.50. The Balaban J connectivity index is 1.50. The monoisotopic (exact) mass is 320 g/mol. The SMILES string of the molecule is CCn1ccc2ccc(CN3CCC[C@H](c4ccncn4)C3)cc21. The molecule has 0 unspecified atom stereocenters. The number of aromatic nitrogens is 3. The Hall–Kier alpha value is -2.20. The van der Waals surface area contributed by atoms with Crippen molar-refractivity contribution in [3.05, 3.63) is 60.3 Å². The predicted octanol–water partition coefficient (Wildman–Crippen LogP) is 3.83. The third-order valence-corrected chi connectivity index (χ3v) is 5.11. The van der Waals surface area contributed by atoms with E-state index in [-0.39, 0.29) is 0 Å². The fourth-order valence-electron chi connectivity index (χ4n) is 3.84. The molecule has 1 aliphatic rings. The van der Waals surface area contributed by atoms with Gasteiger partial charge >= 0.3 is 0 Å². The summed E-state index contributed by atoms with van der Waals surface area (Å²) in [5, 5.41) is 1.33. The molecule has 1 atom stereocenters. The Labute approximate surface area is 143 Å². The summed E-state index contributed by atoms with van der Waals surface area (Å²) in [7, 11) is 0. The van der Waals surface area contributed by atoms with Gasteiger partial charge in [0.25, 0.3) is 0 Å². The number of fused-ring (bicyclic) bond motifs is 1. The molecule has 4 rings (SSSR count). The molecule has 124 valence electrons. The highest BCUT2D eigenvalue weighted by Gasteiger charge is 2.22. The third-order valence-electron chi connectivity index (χ3n) is 5.11. The molecule has 1 aromatic carbocycles. The minimum Gasteiger partial charge on any atom is -0.348 e. The van der Waals surface area contributed by atoms with Gasteiger partial charge in [-0.15, -0.1) is 0 Å². The minimum atomic E-state index is 0.532. The summed E-state index contributed by atoms with van der Waals surface area (Å²) in [5.74, 6) is 0.532. The van der Waals surface area contributed by atoms with Gasteiger partial charge in [0.15, 0.2) is 0 Å². The molecule has 2 aromatic heterocycles. The molecule has 3 heterocycles. The van der Waals surface area contributed by atoms with Crippen LogP contribution in [0.25, 0.3) is 10.9 Å². The first-order chi connectivity index (χ1) is 11.8. The second-order valence-electron chi connectivity index (χ2n) is 6.70. The lowest BCUT2D eigenvalue weighted by Crippen LogP contribution is -2.34. The lowest BCUT2D eigenvalue weighted by atomic mass is 9.94. The molecule has 3 aromatic rings. The number of likely N-dealkylation sites (tertiary alicyclic amines) is 1. The van der Waals surface area contributed by atoms with E-state index >= 15 is 0 Å². The summed E-state index contributed by atoms with van der Waals surface area (Å²) >= 11 is 0. The van der Waals surface area contributed by atoms with Gasteiger partial charge in [0.1, 0.15) is 6.33 Å². The van der Waals surface area contributed by atoms with Crippen LogP contribution in [0.1, 0.15) is 36.9 Å². The van der Waals surface area contributed by atoms with Crippen molar-refractivity contribution in [2.45, 2.75) is 38.8 Å². The zero-order valence-electron chi connectivity index (χ0n) is 14.2. The maximum atomic E-state index is 4.46. The first kappa shape index (κ1) is 15.3. The fourth-order valence-corrected chi connectivity index (χ4v) is 3.84. The standard InChI is InChI=1S/C20H24N4/c1-2-24-11-8-17-6-5-16(12-20(17)24)13-23-10-3-4-18(14-23)19-7-9-21-15-22-19/h5-9,11-12,15,18H,2-4,10,13-14H2,1H3/t18-/m0/s1. The highest BCUT2D eigenvalue weighted by atomic mass is 15.1. The molecule has 1 saturated heterocycles. The molecule has 1 aliphatic heterocycles. The van der Waals surface area contributed by atoms with Crippen LogP contribution in [-0.2, 0) is 13.1 Å². The third kappa shape index (κ3) is 3.06. The maximum Gasteiger partial charge on any atom is 0.115 e. The smallest absolute Gasteiger partial charge is 0.115 e. The van der Waals surface area contributed by atoms with E-state index in [1.165, 1.54) is 41.5 Å². The van der Waals surface area contributed by atoms with Crippen molar-refractivity contribution in [2.75, 3.05) is 13.1 Å². The Morgan fingerprint density at radius 1 is 1.21 bits per heavy atom. The average molecular weight is 320 g/mol. The van der Waals surface area contributed by atoms with Crippen LogP contribution in [0, 0.1) is 0 Å². The minimum absolute atomic E-state index is 0.532. The van der Waals surface area contributed by atoms with Crippen LogP contribution in [0.15, 0.2) is 49.1 Å². The molecule has 0 spiro atoms. The van der Waals surface area contributed by atoms with Gasteiger partial charge < -0.3 is 4.57 Å².